The zero-order valence-electron chi connectivity index (χ0n) is 17.3. The minimum atomic E-state index is -0.895. The summed E-state index contributed by atoms with van der Waals surface area (Å²) in [6.45, 7) is 0.0859. The van der Waals surface area contributed by atoms with E-state index in [0.29, 0.717) is 31.5 Å². The van der Waals surface area contributed by atoms with Crippen LogP contribution in [-0.4, -0.2) is 37.3 Å². The lowest BCUT2D eigenvalue weighted by Crippen LogP contribution is -2.40. The second-order valence-corrected chi connectivity index (χ2v) is 7.07. The van der Waals surface area contributed by atoms with E-state index >= 15 is 0 Å². The molecule has 31 heavy (non-hydrogen) atoms. The van der Waals surface area contributed by atoms with Gasteiger partial charge in [0.05, 0.1) is 13.7 Å². The molecular weight excluding hydrogens is 400 g/mol. The molecule has 0 unspecified atom stereocenters. The van der Waals surface area contributed by atoms with Crippen LogP contribution in [0.4, 0.5) is 0 Å². The molecular formula is C22H24N4O5. The second-order valence-electron chi connectivity index (χ2n) is 7.07. The molecule has 1 aromatic carbocycles. The summed E-state index contributed by atoms with van der Waals surface area (Å²) in [7, 11) is 1.61. The number of terminal acetylenes is 1. The molecule has 162 valence electrons. The molecule has 0 radical (unpaired) electrons. The molecule has 2 heterocycles. The van der Waals surface area contributed by atoms with Gasteiger partial charge in [-0.2, -0.15) is 0 Å². The van der Waals surface area contributed by atoms with Gasteiger partial charge in [-0.15, -0.1) is 6.42 Å². The number of aryl methyl sites for hydroxylation is 3. The Bertz CT molecular complexity index is 1250. The molecule has 0 fully saturated rings. The van der Waals surface area contributed by atoms with Crippen LogP contribution >= 0.6 is 0 Å². The average Bonchev–Trinajstić information content (AvgIpc) is 3.19. The van der Waals surface area contributed by atoms with E-state index in [1.54, 1.807) is 7.11 Å². The van der Waals surface area contributed by atoms with E-state index in [0.717, 1.165) is 15.9 Å². The zero-order chi connectivity index (χ0) is 22.4. The van der Waals surface area contributed by atoms with Crippen molar-refractivity contribution in [1.82, 2.24) is 19.1 Å². The molecule has 0 aliphatic carbocycles. The summed E-state index contributed by atoms with van der Waals surface area (Å²) in [4.78, 5) is 43.9. The first-order valence-electron chi connectivity index (χ1n) is 9.95. The fourth-order valence-corrected chi connectivity index (χ4v) is 3.47. The molecule has 3 aromatic rings. The van der Waals surface area contributed by atoms with Crippen LogP contribution in [0.15, 0.2) is 33.9 Å². The summed E-state index contributed by atoms with van der Waals surface area (Å²) in [5.74, 6) is 2.77. The maximum atomic E-state index is 12.8. The molecule has 0 saturated carbocycles. The number of aromatic nitrogens is 4. The third kappa shape index (κ3) is 4.86. The highest BCUT2D eigenvalue weighted by molar-refractivity contribution is 5.70. The Kier molecular flexibility index (Phi) is 6.92. The molecule has 0 aliphatic rings. The molecule has 0 aliphatic heterocycles. The van der Waals surface area contributed by atoms with Crippen LogP contribution in [0.1, 0.15) is 30.7 Å². The Hall–Kier alpha value is -3.80. The van der Waals surface area contributed by atoms with E-state index in [9.17, 15) is 14.4 Å². The third-order valence-electron chi connectivity index (χ3n) is 5.01. The lowest BCUT2D eigenvalue weighted by Gasteiger charge is -2.09. The third-order valence-corrected chi connectivity index (χ3v) is 5.01. The lowest BCUT2D eigenvalue weighted by molar-refractivity contribution is -0.137. The van der Waals surface area contributed by atoms with Gasteiger partial charge in [0.1, 0.15) is 17.1 Å². The number of unbranched alkanes of at least 4 members (excludes halogenated alkanes) is 1. The number of rotatable bonds is 10. The van der Waals surface area contributed by atoms with E-state index in [-0.39, 0.29) is 30.7 Å². The first-order valence-corrected chi connectivity index (χ1v) is 9.95. The van der Waals surface area contributed by atoms with Gasteiger partial charge in [-0.1, -0.05) is 24.1 Å². The van der Waals surface area contributed by atoms with E-state index in [4.69, 9.17) is 16.3 Å². The number of ether oxygens (including phenoxy) is 1. The average molecular weight is 424 g/mol. The molecule has 9 nitrogen and oxygen atoms in total. The number of aliphatic carboxylic acids is 1. The van der Waals surface area contributed by atoms with E-state index < -0.39 is 17.2 Å². The molecule has 9 heteroatoms. The van der Waals surface area contributed by atoms with Gasteiger partial charge in [0, 0.05) is 19.4 Å². The number of hydrogen-bond donors (Lipinski definition) is 2. The molecule has 2 N–H and O–H groups in total. The number of carboxylic acid groups (broad SMARTS) is 1. The minimum absolute atomic E-state index is 0.00656. The van der Waals surface area contributed by atoms with Gasteiger partial charge in [-0.05, 0) is 30.9 Å². The SMILES string of the molecule is C#CCn1c(=O)c2[nH]c(CCc3ccccc3OC)nc2n(CCCCC(=O)O)c1=O. The summed E-state index contributed by atoms with van der Waals surface area (Å²) < 4.78 is 7.75. The van der Waals surface area contributed by atoms with Crippen LogP contribution in [0.25, 0.3) is 11.2 Å². The number of aromatic amines is 1. The van der Waals surface area contributed by atoms with Crippen LogP contribution in [-0.2, 0) is 30.7 Å². The van der Waals surface area contributed by atoms with Gasteiger partial charge in [0.2, 0.25) is 0 Å². The normalized spacial score (nSPS) is 10.8. The summed E-state index contributed by atoms with van der Waals surface area (Å²) in [6, 6.07) is 7.64. The minimum Gasteiger partial charge on any atom is -0.496 e. The van der Waals surface area contributed by atoms with Crippen LogP contribution < -0.4 is 16.0 Å². The Balaban J connectivity index is 1.95. The van der Waals surface area contributed by atoms with Crippen molar-refractivity contribution in [1.29, 1.82) is 0 Å². The van der Waals surface area contributed by atoms with Gasteiger partial charge in [-0.25, -0.2) is 14.3 Å². The standard InChI is InChI=1S/C22H24N4O5/c1-3-13-26-21(29)19-20(25(22(26)30)14-7-6-10-18(27)28)24-17(23-19)12-11-15-8-4-5-9-16(15)31-2/h1,4-5,8-9H,6-7,10-14H2,2H3,(H,23,24)(H,27,28). The van der Waals surface area contributed by atoms with E-state index in [2.05, 4.69) is 15.9 Å². The number of imidazole rings is 1. The fraction of sp³-hybridized carbons (Fsp3) is 0.364. The number of H-pyrrole nitrogens is 1. The predicted octanol–water partition coefficient (Wildman–Crippen LogP) is 1.57. The number of fused-ring (bicyclic) bond motifs is 1. The van der Waals surface area contributed by atoms with E-state index in [1.165, 1.54) is 4.57 Å². The van der Waals surface area contributed by atoms with Gasteiger partial charge in [0.25, 0.3) is 5.56 Å². The first kappa shape index (κ1) is 21.9. The van der Waals surface area contributed by atoms with Crippen molar-refractivity contribution in [3.63, 3.8) is 0 Å². The highest BCUT2D eigenvalue weighted by Gasteiger charge is 2.17. The molecule has 0 amide bonds. The number of methoxy groups -OCH3 is 1. The topological polar surface area (TPSA) is 119 Å². The van der Waals surface area contributed by atoms with Crippen molar-refractivity contribution in [2.45, 2.75) is 45.2 Å². The number of nitrogens with one attached hydrogen (secondary N) is 1. The van der Waals surface area contributed by atoms with Crippen molar-refractivity contribution >= 4 is 17.1 Å². The highest BCUT2D eigenvalue weighted by Crippen LogP contribution is 2.19. The summed E-state index contributed by atoms with van der Waals surface area (Å²) in [6.07, 6.45) is 7.34. The molecule has 0 saturated heterocycles. The van der Waals surface area contributed by atoms with Gasteiger partial charge in [-0.3, -0.25) is 14.2 Å². The quantitative estimate of drug-likeness (QED) is 0.377. The maximum Gasteiger partial charge on any atom is 0.333 e. The van der Waals surface area contributed by atoms with Crippen LogP contribution in [0.5, 0.6) is 5.75 Å². The van der Waals surface area contributed by atoms with Gasteiger partial charge >= 0.3 is 11.7 Å². The molecule has 2 aromatic heterocycles. The molecule has 0 atom stereocenters. The highest BCUT2D eigenvalue weighted by atomic mass is 16.5. The number of carbonyl (C=O) groups is 1. The van der Waals surface area contributed by atoms with Crippen LogP contribution in [0.3, 0.4) is 0 Å². The van der Waals surface area contributed by atoms with Crippen LogP contribution in [0, 0.1) is 12.3 Å². The fourth-order valence-electron chi connectivity index (χ4n) is 3.47. The maximum absolute atomic E-state index is 12.8. The zero-order valence-corrected chi connectivity index (χ0v) is 17.3. The predicted molar refractivity (Wildman–Crippen MR) is 115 cm³/mol. The van der Waals surface area contributed by atoms with Gasteiger partial charge in [0.15, 0.2) is 5.65 Å². The number of nitrogens with zero attached hydrogens (tertiary/aromatic N) is 3. The molecule has 0 spiro atoms. The summed E-state index contributed by atoms with van der Waals surface area (Å²) >= 11 is 0. The van der Waals surface area contributed by atoms with Crippen molar-refractivity contribution in [2.24, 2.45) is 0 Å². The number of benzene rings is 1. The van der Waals surface area contributed by atoms with Crippen molar-refractivity contribution < 1.29 is 14.6 Å². The largest absolute Gasteiger partial charge is 0.496 e. The molecule has 0 bridgehead atoms. The Morgan fingerprint density at radius 2 is 2.00 bits per heavy atom. The van der Waals surface area contributed by atoms with Gasteiger partial charge < -0.3 is 14.8 Å². The first-order chi connectivity index (χ1) is 15.0. The Morgan fingerprint density at radius 1 is 1.23 bits per heavy atom. The van der Waals surface area contributed by atoms with Crippen molar-refractivity contribution in [3.05, 3.63) is 56.5 Å². The summed E-state index contributed by atoms with van der Waals surface area (Å²) in [5.41, 5.74) is 0.405. The molecule has 3 rings (SSSR count). The van der Waals surface area contributed by atoms with E-state index in [1.807, 2.05) is 24.3 Å². The summed E-state index contributed by atoms with van der Waals surface area (Å²) in [5, 5.41) is 8.82. The lowest BCUT2D eigenvalue weighted by atomic mass is 10.1. The monoisotopic (exact) mass is 424 g/mol. The number of hydrogen-bond acceptors (Lipinski definition) is 5. The van der Waals surface area contributed by atoms with Crippen molar-refractivity contribution in [3.8, 4) is 18.1 Å². The number of carboxylic acids is 1. The Morgan fingerprint density at radius 3 is 2.71 bits per heavy atom. The van der Waals surface area contributed by atoms with Crippen molar-refractivity contribution in [2.75, 3.05) is 7.11 Å². The second kappa shape index (κ2) is 9.80. The van der Waals surface area contributed by atoms with Crippen LogP contribution in [0.2, 0.25) is 0 Å². The smallest absolute Gasteiger partial charge is 0.333 e. The number of para-hydroxylation sites is 1. The Labute approximate surface area is 178 Å².